The van der Waals surface area contributed by atoms with E-state index in [1.54, 1.807) is 12.1 Å². The number of ether oxygens (including phenoxy) is 1. The minimum Gasteiger partial charge on any atom is -0.405 e. The number of aryl methyl sites for hydroxylation is 1. The van der Waals surface area contributed by atoms with E-state index in [1.165, 1.54) is 12.1 Å². The Labute approximate surface area is 121 Å². The van der Waals surface area contributed by atoms with Crippen molar-refractivity contribution in [3.8, 4) is 16.9 Å². The molecular formula is C16H16F3NO. The van der Waals surface area contributed by atoms with Gasteiger partial charge in [0.15, 0.2) is 0 Å². The van der Waals surface area contributed by atoms with Gasteiger partial charge in [-0.2, -0.15) is 0 Å². The zero-order valence-corrected chi connectivity index (χ0v) is 11.6. The van der Waals surface area contributed by atoms with E-state index >= 15 is 0 Å². The molecule has 0 atom stereocenters. The van der Waals surface area contributed by atoms with E-state index in [9.17, 15) is 13.2 Å². The highest BCUT2D eigenvalue weighted by molar-refractivity contribution is 5.74. The third-order valence-electron chi connectivity index (χ3n) is 3.08. The maximum atomic E-state index is 12.5. The van der Waals surface area contributed by atoms with Crippen LogP contribution in [0.1, 0.15) is 11.1 Å². The summed E-state index contributed by atoms with van der Waals surface area (Å²) in [6.45, 7) is 2.32. The third kappa shape index (κ3) is 3.98. The summed E-state index contributed by atoms with van der Waals surface area (Å²) in [5, 5.41) is 0. The zero-order chi connectivity index (χ0) is 15.5. The maximum Gasteiger partial charge on any atom is 0.573 e. The lowest BCUT2D eigenvalue weighted by molar-refractivity contribution is -0.274. The lowest BCUT2D eigenvalue weighted by atomic mass is 9.95. The summed E-state index contributed by atoms with van der Waals surface area (Å²) in [7, 11) is 0. The minimum atomic E-state index is -4.71. The largest absolute Gasteiger partial charge is 0.573 e. The number of hydrogen-bond donors (Lipinski definition) is 1. The average Bonchev–Trinajstić information content (AvgIpc) is 2.40. The van der Waals surface area contributed by atoms with Crippen LogP contribution < -0.4 is 10.5 Å². The van der Waals surface area contributed by atoms with Crippen LogP contribution in [0.25, 0.3) is 11.1 Å². The first-order valence-electron chi connectivity index (χ1n) is 6.55. The van der Waals surface area contributed by atoms with Crippen LogP contribution in [-0.2, 0) is 6.42 Å². The van der Waals surface area contributed by atoms with Gasteiger partial charge in [0.25, 0.3) is 0 Å². The topological polar surface area (TPSA) is 35.2 Å². The molecule has 2 aromatic carbocycles. The monoisotopic (exact) mass is 295 g/mol. The molecule has 0 fully saturated rings. The number of benzene rings is 2. The molecule has 2 rings (SSSR count). The van der Waals surface area contributed by atoms with Gasteiger partial charge in [0, 0.05) is 5.56 Å². The second-order valence-electron chi connectivity index (χ2n) is 4.74. The van der Waals surface area contributed by atoms with Gasteiger partial charge in [-0.05, 0) is 37.1 Å². The van der Waals surface area contributed by atoms with Crippen LogP contribution in [0.5, 0.6) is 5.75 Å². The van der Waals surface area contributed by atoms with Crippen molar-refractivity contribution in [1.82, 2.24) is 0 Å². The first kappa shape index (κ1) is 15.4. The van der Waals surface area contributed by atoms with Crippen LogP contribution in [0.4, 0.5) is 13.2 Å². The van der Waals surface area contributed by atoms with Crippen molar-refractivity contribution in [2.45, 2.75) is 19.7 Å². The SMILES string of the molecule is Cc1ccc(CCN)c(-c2ccccc2OC(F)(F)F)c1. The van der Waals surface area contributed by atoms with Gasteiger partial charge in [0.05, 0.1) is 0 Å². The fourth-order valence-electron chi connectivity index (χ4n) is 2.22. The van der Waals surface area contributed by atoms with Crippen LogP contribution in [0.3, 0.4) is 0 Å². The van der Waals surface area contributed by atoms with Gasteiger partial charge in [-0.15, -0.1) is 13.2 Å². The Kier molecular flexibility index (Phi) is 4.53. The molecule has 0 radical (unpaired) electrons. The molecule has 0 amide bonds. The molecule has 5 heteroatoms. The first-order chi connectivity index (χ1) is 9.90. The minimum absolute atomic E-state index is 0.200. The summed E-state index contributed by atoms with van der Waals surface area (Å²) in [5.74, 6) is -0.200. The molecular weight excluding hydrogens is 279 g/mol. The van der Waals surface area contributed by atoms with Crippen LogP contribution in [0.2, 0.25) is 0 Å². The van der Waals surface area contributed by atoms with E-state index < -0.39 is 6.36 Å². The molecule has 0 aliphatic rings. The Hall–Kier alpha value is -2.01. The Balaban J connectivity index is 2.53. The molecule has 0 spiro atoms. The molecule has 21 heavy (non-hydrogen) atoms. The summed E-state index contributed by atoms with van der Waals surface area (Å²) >= 11 is 0. The summed E-state index contributed by atoms with van der Waals surface area (Å²) in [6, 6.07) is 11.8. The zero-order valence-electron chi connectivity index (χ0n) is 11.6. The van der Waals surface area contributed by atoms with Crippen molar-refractivity contribution in [3.63, 3.8) is 0 Å². The van der Waals surface area contributed by atoms with Crippen molar-refractivity contribution in [3.05, 3.63) is 53.6 Å². The molecule has 0 aromatic heterocycles. The standard InChI is InChI=1S/C16H16F3NO/c1-11-6-7-12(8-9-20)14(10-11)13-4-2-3-5-15(13)21-16(17,18)19/h2-7,10H,8-9,20H2,1H3. The van der Waals surface area contributed by atoms with Crippen molar-refractivity contribution in [2.75, 3.05) is 6.54 Å². The van der Waals surface area contributed by atoms with Gasteiger partial charge in [-0.1, -0.05) is 42.0 Å². The summed E-state index contributed by atoms with van der Waals surface area (Å²) in [6.07, 6.45) is -4.12. The Morgan fingerprint density at radius 3 is 2.43 bits per heavy atom. The predicted octanol–water partition coefficient (Wildman–Crippen LogP) is 4.06. The molecule has 2 aromatic rings. The van der Waals surface area contributed by atoms with E-state index in [0.717, 1.165) is 16.7 Å². The summed E-state index contributed by atoms with van der Waals surface area (Å²) in [4.78, 5) is 0. The van der Waals surface area contributed by atoms with Crippen LogP contribution in [-0.4, -0.2) is 12.9 Å². The fraction of sp³-hybridized carbons (Fsp3) is 0.250. The Bertz CT molecular complexity index is 623. The summed E-state index contributed by atoms with van der Waals surface area (Å²) in [5.41, 5.74) is 8.58. The van der Waals surface area contributed by atoms with Crippen molar-refractivity contribution >= 4 is 0 Å². The fourth-order valence-corrected chi connectivity index (χ4v) is 2.22. The smallest absolute Gasteiger partial charge is 0.405 e. The number of nitrogens with two attached hydrogens (primary N) is 1. The van der Waals surface area contributed by atoms with Crippen LogP contribution in [0, 0.1) is 6.92 Å². The number of alkyl halides is 3. The van der Waals surface area contributed by atoms with E-state index in [-0.39, 0.29) is 5.75 Å². The Morgan fingerprint density at radius 2 is 1.76 bits per heavy atom. The molecule has 0 unspecified atom stereocenters. The van der Waals surface area contributed by atoms with Gasteiger partial charge in [-0.3, -0.25) is 0 Å². The highest BCUT2D eigenvalue weighted by Gasteiger charge is 2.32. The molecule has 2 nitrogen and oxygen atoms in total. The van der Waals surface area contributed by atoms with E-state index in [0.29, 0.717) is 18.5 Å². The molecule has 0 bridgehead atoms. The lowest BCUT2D eigenvalue weighted by Gasteiger charge is -2.16. The molecule has 2 N–H and O–H groups in total. The lowest BCUT2D eigenvalue weighted by Crippen LogP contribution is -2.17. The van der Waals surface area contributed by atoms with Crippen LogP contribution >= 0.6 is 0 Å². The van der Waals surface area contributed by atoms with Gasteiger partial charge in [0.2, 0.25) is 0 Å². The third-order valence-corrected chi connectivity index (χ3v) is 3.08. The molecule has 112 valence electrons. The predicted molar refractivity (Wildman–Crippen MR) is 76.1 cm³/mol. The van der Waals surface area contributed by atoms with Crippen LogP contribution in [0.15, 0.2) is 42.5 Å². The Morgan fingerprint density at radius 1 is 1.05 bits per heavy atom. The number of rotatable bonds is 4. The van der Waals surface area contributed by atoms with Gasteiger partial charge in [0.1, 0.15) is 5.75 Å². The average molecular weight is 295 g/mol. The second-order valence-corrected chi connectivity index (χ2v) is 4.74. The molecule has 0 saturated heterocycles. The van der Waals surface area contributed by atoms with Crippen molar-refractivity contribution in [2.24, 2.45) is 5.73 Å². The van der Waals surface area contributed by atoms with E-state index in [4.69, 9.17) is 5.73 Å². The van der Waals surface area contributed by atoms with E-state index in [2.05, 4.69) is 4.74 Å². The quantitative estimate of drug-likeness (QED) is 0.923. The van der Waals surface area contributed by atoms with Gasteiger partial charge in [-0.25, -0.2) is 0 Å². The highest BCUT2D eigenvalue weighted by Crippen LogP contribution is 2.36. The molecule has 0 aliphatic carbocycles. The molecule has 0 saturated carbocycles. The maximum absolute atomic E-state index is 12.5. The number of hydrogen-bond acceptors (Lipinski definition) is 2. The molecule has 0 heterocycles. The van der Waals surface area contributed by atoms with Crippen molar-refractivity contribution in [1.29, 1.82) is 0 Å². The normalized spacial score (nSPS) is 11.5. The number of para-hydroxylation sites is 1. The van der Waals surface area contributed by atoms with Gasteiger partial charge < -0.3 is 10.5 Å². The summed E-state index contributed by atoms with van der Waals surface area (Å²) < 4.78 is 41.7. The second kappa shape index (κ2) is 6.18. The van der Waals surface area contributed by atoms with Crippen molar-refractivity contribution < 1.29 is 17.9 Å². The highest BCUT2D eigenvalue weighted by atomic mass is 19.4. The molecule has 0 aliphatic heterocycles. The van der Waals surface area contributed by atoms with E-state index in [1.807, 2.05) is 25.1 Å². The number of halogens is 3. The van der Waals surface area contributed by atoms with Gasteiger partial charge >= 0.3 is 6.36 Å². The first-order valence-corrected chi connectivity index (χ1v) is 6.55.